The SMILES string of the molecule is FC1(c2nc(CCCCCNc3cccc(Br)c3)no2)CC1. The van der Waals surface area contributed by atoms with Crippen LogP contribution in [0.1, 0.15) is 43.8 Å². The third-order valence-corrected chi connectivity index (χ3v) is 4.26. The predicted octanol–water partition coefficient (Wildman–Crippen LogP) is 4.62. The molecular formula is C16H19BrFN3O. The van der Waals surface area contributed by atoms with Crippen molar-refractivity contribution in [2.75, 3.05) is 11.9 Å². The van der Waals surface area contributed by atoms with Crippen molar-refractivity contribution in [1.29, 1.82) is 0 Å². The van der Waals surface area contributed by atoms with Crippen LogP contribution < -0.4 is 5.32 Å². The van der Waals surface area contributed by atoms with E-state index in [1.807, 2.05) is 12.1 Å². The summed E-state index contributed by atoms with van der Waals surface area (Å²) in [5, 5.41) is 7.24. The summed E-state index contributed by atoms with van der Waals surface area (Å²) in [6.45, 7) is 0.932. The summed E-state index contributed by atoms with van der Waals surface area (Å²) in [7, 11) is 0. The predicted molar refractivity (Wildman–Crippen MR) is 86.5 cm³/mol. The van der Waals surface area contributed by atoms with Crippen LogP contribution in [0.4, 0.5) is 10.1 Å². The summed E-state index contributed by atoms with van der Waals surface area (Å²) in [5.41, 5.74) is -0.200. The number of unbranched alkanes of at least 4 members (excludes halogenated alkanes) is 2. The molecule has 22 heavy (non-hydrogen) atoms. The molecule has 1 aromatic carbocycles. The minimum atomic E-state index is -1.32. The van der Waals surface area contributed by atoms with Gasteiger partial charge in [0, 0.05) is 23.1 Å². The van der Waals surface area contributed by atoms with Crippen LogP contribution in [-0.2, 0) is 12.1 Å². The number of aryl methyl sites for hydroxylation is 1. The summed E-state index contributed by atoms with van der Waals surface area (Å²) in [6, 6.07) is 8.13. The van der Waals surface area contributed by atoms with Gasteiger partial charge in [0.1, 0.15) is 0 Å². The molecule has 0 unspecified atom stereocenters. The monoisotopic (exact) mass is 367 g/mol. The van der Waals surface area contributed by atoms with Gasteiger partial charge in [0.25, 0.3) is 5.89 Å². The number of benzene rings is 1. The van der Waals surface area contributed by atoms with Crippen LogP contribution in [0.25, 0.3) is 0 Å². The Labute approximate surface area is 137 Å². The van der Waals surface area contributed by atoms with E-state index in [2.05, 4.69) is 43.5 Å². The average Bonchev–Trinajstić information content (AvgIpc) is 3.07. The molecule has 0 saturated heterocycles. The average molecular weight is 368 g/mol. The van der Waals surface area contributed by atoms with Gasteiger partial charge >= 0.3 is 0 Å². The second-order valence-corrected chi connectivity index (χ2v) is 6.64. The molecule has 1 fully saturated rings. The van der Waals surface area contributed by atoms with Crippen LogP contribution in [-0.4, -0.2) is 16.7 Å². The molecule has 118 valence electrons. The summed E-state index contributed by atoms with van der Waals surface area (Å²) >= 11 is 3.45. The van der Waals surface area contributed by atoms with Gasteiger partial charge in [-0.15, -0.1) is 0 Å². The largest absolute Gasteiger partial charge is 0.385 e. The Bertz CT molecular complexity index is 627. The molecular weight excluding hydrogens is 349 g/mol. The van der Waals surface area contributed by atoms with Crippen molar-refractivity contribution in [2.24, 2.45) is 0 Å². The van der Waals surface area contributed by atoms with Crippen LogP contribution in [0.3, 0.4) is 0 Å². The normalized spacial score (nSPS) is 15.7. The molecule has 0 spiro atoms. The number of nitrogens with zero attached hydrogens (tertiary/aromatic N) is 2. The number of hydrogen-bond acceptors (Lipinski definition) is 4. The molecule has 1 aliphatic carbocycles. The van der Waals surface area contributed by atoms with Gasteiger partial charge in [-0.2, -0.15) is 4.98 Å². The number of anilines is 1. The van der Waals surface area contributed by atoms with Gasteiger partial charge in [-0.1, -0.05) is 33.6 Å². The van der Waals surface area contributed by atoms with E-state index in [1.165, 1.54) is 0 Å². The van der Waals surface area contributed by atoms with Gasteiger partial charge in [-0.25, -0.2) is 4.39 Å². The third kappa shape index (κ3) is 4.06. The fourth-order valence-electron chi connectivity index (χ4n) is 2.28. The maximum atomic E-state index is 13.7. The molecule has 6 heteroatoms. The first-order valence-electron chi connectivity index (χ1n) is 7.67. The Balaban J connectivity index is 1.31. The van der Waals surface area contributed by atoms with Crippen molar-refractivity contribution in [3.8, 4) is 0 Å². The van der Waals surface area contributed by atoms with Gasteiger partial charge < -0.3 is 9.84 Å². The van der Waals surface area contributed by atoms with Gasteiger partial charge in [0.2, 0.25) is 0 Å². The lowest BCUT2D eigenvalue weighted by Gasteiger charge is -2.06. The molecule has 0 amide bonds. The Morgan fingerprint density at radius 2 is 2.14 bits per heavy atom. The number of hydrogen-bond donors (Lipinski definition) is 1. The van der Waals surface area contributed by atoms with E-state index in [9.17, 15) is 4.39 Å². The van der Waals surface area contributed by atoms with E-state index >= 15 is 0 Å². The zero-order valence-corrected chi connectivity index (χ0v) is 13.9. The van der Waals surface area contributed by atoms with Gasteiger partial charge in [-0.3, -0.25) is 0 Å². The molecule has 0 radical (unpaired) electrons. The molecule has 1 heterocycles. The molecule has 1 aromatic heterocycles. The molecule has 2 aromatic rings. The van der Waals surface area contributed by atoms with Gasteiger partial charge in [0.15, 0.2) is 11.5 Å². The lowest BCUT2D eigenvalue weighted by Crippen LogP contribution is -2.02. The van der Waals surface area contributed by atoms with Crippen molar-refractivity contribution in [1.82, 2.24) is 10.1 Å². The summed E-state index contributed by atoms with van der Waals surface area (Å²) in [6.07, 6.45) is 4.90. The Morgan fingerprint density at radius 3 is 2.91 bits per heavy atom. The Morgan fingerprint density at radius 1 is 1.27 bits per heavy atom. The van der Waals surface area contributed by atoms with Crippen molar-refractivity contribution < 1.29 is 8.91 Å². The zero-order chi connectivity index (χ0) is 15.4. The minimum Gasteiger partial charge on any atom is -0.385 e. The fraction of sp³-hybridized carbons (Fsp3) is 0.500. The van der Waals surface area contributed by atoms with Crippen molar-refractivity contribution in [3.05, 3.63) is 40.5 Å². The maximum Gasteiger partial charge on any atom is 0.264 e. The smallest absolute Gasteiger partial charge is 0.264 e. The second kappa shape index (κ2) is 6.77. The molecule has 0 bridgehead atoms. The van der Waals surface area contributed by atoms with Crippen LogP contribution in [0.15, 0.2) is 33.3 Å². The van der Waals surface area contributed by atoms with Crippen molar-refractivity contribution in [2.45, 2.75) is 44.2 Å². The van der Waals surface area contributed by atoms with E-state index in [4.69, 9.17) is 4.52 Å². The first kappa shape index (κ1) is 15.5. The zero-order valence-electron chi connectivity index (χ0n) is 12.3. The summed E-state index contributed by atoms with van der Waals surface area (Å²) < 4.78 is 19.8. The van der Waals surface area contributed by atoms with E-state index < -0.39 is 5.67 Å². The van der Waals surface area contributed by atoms with Gasteiger partial charge in [0.05, 0.1) is 0 Å². The molecule has 1 aliphatic rings. The highest BCUT2D eigenvalue weighted by molar-refractivity contribution is 9.10. The van der Waals surface area contributed by atoms with E-state index in [0.29, 0.717) is 18.7 Å². The van der Waals surface area contributed by atoms with Gasteiger partial charge in [-0.05, 0) is 43.9 Å². The summed E-state index contributed by atoms with van der Waals surface area (Å²) in [5.74, 6) is 0.790. The molecule has 1 saturated carbocycles. The van der Waals surface area contributed by atoms with E-state index in [1.54, 1.807) is 0 Å². The number of alkyl halides is 1. The standard InChI is InChI=1S/C16H19BrFN3O/c17-12-5-4-6-13(11-12)19-10-3-1-2-7-14-20-15(22-21-14)16(18)8-9-16/h4-6,11,19H,1-3,7-10H2. The molecule has 0 aliphatic heterocycles. The number of aromatic nitrogens is 2. The maximum absolute atomic E-state index is 13.7. The van der Waals surface area contributed by atoms with E-state index in [-0.39, 0.29) is 5.89 Å². The lowest BCUT2D eigenvalue weighted by atomic mass is 10.2. The van der Waals surface area contributed by atoms with Crippen LogP contribution in [0.5, 0.6) is 0 Å². The van der Waals surface area contributed by atoms with Crippen molar-refractivity contribution >= 4 is 21.6 Å². The molecule has 4 nitrogen and oxygen atoms in total. The Hall–Kier alpha value is -1.43. The third-order valence-electron chi connectivity index (χ3n) is 3.77. The first-order valence-corrected chi connectivity index (χ1v) is 8.46. The molecule has 3 rings (SSSR count). The molecule has 0 atom stereocenters. The van der Waals surface area contributed by atoms with Crippen LogP contribution in [0, 0.1) is 0 Å². The minimum absolute atomic E-state index is 0.166. The number of halogens is 2. The van der Waals surface area contributed by atoms with Crippen LogP contribution in [0.2, 0.25) is 0 Å². The first-order chi connectivity index (χ1) is 10.7. The molecule has 1 N–H and O–H groups in total. The highest BCUT2D eigenvalue weighted by Crippen LogP contribution is 2.48. The topological polar surface area (TPSA) is 51.0 Å². The van der Waals surface area contributed by atoms with Crippen molar-refractivity contribution in [3.63, 3.8) is 0 Å². The number of nitrogens with one attached hydrogen (secondary N) is 1. The van der Waals surface area contributed by atoms with E-state index in [0.717, 1.165) is 42.4 Å². The Kier molecular flexibility index (Phi) is 4.76. The lowest BCUT2D eigenvalue weighted by molar-refractivity contribution is 0.225. The quantitative estimate of drug-likeness (QED) is 0.691. The summed E-state index contributed by atoms with van der Waals surface area (Å²) in [4.78, 5) is 4.15. The fourth-order valence-corrected chi connectivity index (χ4v) is 2.68. The highest BCUT2D eigenvalue weighted by atomic mass is 79.9. The second-order valence-electron chi connectivity index (χ2n) is 5.73. The number of rotatable bonds is 8. The highest BCUT2D eigenvalue weighted by Gasteiger charge is 2.50. The van der Waals surface area contributed by atoms with Crippen LogP contribution >= 0.6 is 15.9 Å².